The fraction of sp³-hybridized carbons (Fsp3) is 0.167. The lowest BCUT2D eigenvalue weighted by Crippen LogP contribution is -2.33. The topological polar surface area (TPSA) is 110 Å². The number of hydrogen-bond acceptors (Lipinski definition) is 5. The van der Waals surface area contributed by atoms with Gasteiger partial charge in [-0.05, 0) is 30.3 Å². The van der Waals surface area contributed by atoms with E-state index < -0.39 is 33.5 Å². The molecule has 0 unspecified atom stereocenters. The third-order valence-electron chi connectivity index (χ3n) is 4.06. The standard InChI is InChI=1S/C18H15F3N4O4S/c1-25-17(27)14-5-3-2-4-13(14)15(24-25)16(26)23-11-6-8-12(9-7-11)30(28,29)22-10-18(19,20)21/h2-9,22H,10H2,1H3,(H,23,26). The third kappa shape index (κ3) is 4.66. The molecule has 2 N–H and O–H groups in total. The highest BCUT2D eigenvalue weighted by Gasteiger charge is 2.30. The van der Waals surface area contributed by atoms with Crippen LogP contribution in [0, 0.1) is 0 Å². The summed E-state index contributed by atoms with van der Waals surface area (Å²) in [5.41, 5.74) is -0.200. The van der Waals surface area contributed by atoms with Gasteiger partial charge in [-0.3, -0.25) is 9.59 Å². The molecule has 30 heavy (non-hydrogen) atoms. The fourth-order valence-corrected chi connectivity index (χ4v) is 3.65. The lowest BCUT2D eigenvalue weighted by atomic mass is 10.1. The van der Waals surface area contributed by atoms with E-state index in [4.69, 9.17) is 0 Å². The largest absolute Gasteiger partial charge is 0.402 e. The van der Waals surface area contributed by atoms with Crippen molar-refractivity contribution in [2.24, 2.45) is 7.05 Å². The van der Waals surface area contributed by atoms with Crippen LogP contribution >= 0.6 is 0 Å². The number of aryl methyl sites for hydroxylation is 1. The molecule has 8 nitrogen and oxygen atoms in total. The lowest BCUT2D eigenvalue weighted by Gasteiger charge is -2.11. The van der Waals surface area contributed by atoms with Gasteiger partial charge in [-0.2, -0.15) is 18.3 Å². The molecule has 0 aliphatic heterocycles. The fourth-order valence-electron chi connectivity index (χ4n) is 2.64. The van der Waals surface area contributed by atoms with Gasteiger partial charge in [-0.15, -0.1) is 0 Å². The van der Waals surface area contributed by atoms with Crippen molar-refractivity contribution in [1.29, 1.82) is 0 Å². The average molecular weight is 440 g/mol. The first-order chi connectivity index (χ1) is 14.0. The molecule has 3 rings (SSSR count). The molecule has 0 aliphatic rings. The second-order valence-electron chi connectivity index (χ2n) is 6.24. The zero-order chi connectivity index (χ0) is 22.1. The number of benzene rings is 2. The minimum absolute atomic E-state index is 0.0174. The first kappa shape index (κ1) is 21.5. The molecule has 1 aromatic heterocycles. The first-order valence-corrected chi connectivity index (χ1v) is 9.90. The summed E-state index contributed by atoms with van der Waals surface area (Å²) in [6.07, 6.45) is -4.69. The van der Waals surface area contributed by atoms with Crippen LogP contribution in [0.25, 0.3) is 10.8 Å². The number of halogens is 3. The summed E-state index contributed by atoms with van der Waals surface area (Å²) >= 11 is 0. The predicted molar refractivity (Wildman–Crippen MR) is 103 cm³/mol. The molecule has 1 heterocycles. The highest BCUT2D eigenvalue weighted by atomic mass is 32.2. The zero-order valence-corrected chi connectivity index (χ0v) is 16.2. The molecule has 0 saturated heterocycles. The second-order valence-corrected chi connectivity index (χ2v) is 8.01. The number of carbonyl (C=O) groups is 1. The van der Waals surface area contributed by atoms with E-state index in [1.165, 1.54) is 23.9 Å². The van der Waals surface area contributed by atoms with Gasteiger partial charge in [0.1, 0.15) is 6.54 Å². The number of nitrogens with zero attached hydrogens (tertiary/aromatic N) is 2. The maximum Gasteiger partial charge on any atom is 0.402 e. The minimum Gasteiger partial charge on any atom is -0.321 e. The van der Waals surface area contributed by atoms with Crippen molar-refractivity contribution in [2.75, 3.05) is 11.9 Å². The van der Waals surface area contributed by atoms with Gasteiger partial charge in [0.15, 0.2) is 5.69 Å². The number of aromatic nitrogens is 2. The van der Waals surface area contributed by atoms with Crippen molar-refractivity contribution in [3.05, 3.63) is 64.6 Å². The number of fused-ring (bicyclic) bond motifs is 1. The van der Waals surface area contributed by atoms with E-state index in [9.17, 15) is 31.2 Å². The number of amides is 1. The SMILES string of the molecule is Cn1nc(C(=O)Nc2ccc(S(=O)(=O)NCC(F)(F)F)cc2)c2ccccc2c1=O. The van der Waals surface area contributed by atoms with Crippen LogP contribution < -0.4 is 15.6 Å². The minimum atomic E-state index is -4.69. The van der Waals surface area contributed by atoms with E-state index in [2.05, 4.69) is 10.4 Å². The molecule has 0 fully saturated rings. The Morgan fingerprint density at radius 3 is 2.27 bits per heavy atom. The number of hydrogen-bond donors (Lipinski definition) is 2. The number of sulfonamides is 1. The molecule has 0 atom stereocenters. The Hall–Kier alpha value is -3.25. The van der Waals surface area contributed by atoms with E-state index >= 15 is 0 Å². The quantitative estimate of drug-likeness (QED) is 0.631. The molecule has 3 aromatic rings. The smallest absolute Gasteiger partial charge is 0.321 e. The molecule has 0 bridgehead atoms. The number of rotatable bonds is 5. The monoisotopic (exact) mass is 440 g/mol. The molecule has 158 valence electrons. The van der Waals surface area contributed by atoms with Crippen LogP contribution in [0.1, 0.15) is 10.5 Å². The Bertz CT molecular complexity index is 1270. The van der Waals surface area contributed by atoms with Crippen LogP contribution in [-0.4, -0.2) is 36.8 Å². The summed E-state index contributed by atoms with van der Waals surface area (Å²) in [4.78, 5) is 24.4. The Morgan fingerprint density at radius 2 is 1.67 bits per heavy atom. The average Bonchev–Trinajstić information content (AvgIpc) is 2.69. The van der Waals surface area contributed by atoms with Crippen molar-refractivity contribution in [2.45, 2.75) is 11.1 Å². The normalized spacial score (nSPS) is 12.1. The van der Waals surface area contributed by atoms with Crippen LogP contribution in [-0.2, 0) is 17.1 Å². The zero-order valence-electron chi connectivity index (χ0n) is 15.4. The van der Waals surface area contributed by atoms with Gasteiger partial charge >= 0.3 is 6.18 Å². The van der Waals surface area contributed by atoms with Gasteiger partial charge in [-0.25, -0.2) is 17.8 Å². The molecule has 0 saturated carbocycles. The summed E-state index contributed by atoms with van der Waals surface area (Å²) in [5.74, 6) is -0.646. The van der Waals surface area contributed by atoms with E-state index in [-0.39, 0.29) is 16.9 Å². The Morgan fingerprint density at radius 1 is 1.07 bits per heavy atom. The van der Waals surface area contributed by atoms with Gasteiger partial charge in [-0.1, -0.05) is 18.2 Å². The van der Waals surface area contributed by atoms with Gasteiger partial charge in [0.25, 0.3) is 11.5 Å². The number of alkyl halides is 3. The Balaban J connectivity index is 1.83. The summed E-state index contributed by atoms with van der Waals surface area (Å²) in [7, 11) is -2.96. The second kappa shape index (κ2) is 7.88. The maximum absolute atomic E-state index is 12.6. The Kier molecular flexibility index (Phi) is 5.63. The lowest BCUT2D eigenvalue weighted by molar-refractivity contribution is -0.121. The van der Waals surface area contributed by atoms with Crippen LogP contribution in [0.15, 0.2) is 58.2 Å². The van der Waals surface area contributed by atoms with Crippen molar-refractivity contribution in [1.82, 2.24) is 14.5 Å². The van der Waals surface area contributed by atoms with Crippen molar-refractivity contribution in [3.8, 4) is 0 Å². The van der Waals surface area contributed by atoms with Gasteiger partial charge in [0.05, 0.1) is 10.3 Å². The summed E-state index contributed by atoms with van der Waals surface area (Å²) in [6, 6.07) is 11.0. The molecule has 2 aromatic carbocycles. The Labute approximate surface area is 168 Å². The van der Waals surface area contributed by atoms with Gasteiger partial charge in [0, 0.05) is 18.1 Å². The molecule has 0 aliphatic carbocycles. The van der Waals surface area contributed by atoms with Crippen molar-refractivity contribution in [3.63, 3.8) is 0 Å². The maximum atomic E-state index is 12.6. The van der Waals surface area contributed by atoms with Crippen molar-refractivity contribution >= 4 is 32.4 Å². The van der Waals surface area contributed by atoms with Crippen molar-refractivity contribution < 1.29 is 26.4 Å². The summed E-state index contributed by atoms with van der Waals surface area (Å²) < 4.78 is 63.0. The van der Waals surface area contributed by atoms with Crippen LogP contribution in [0.5, 0.6) is 0 Å². The predicted octanol–water partition coefficient (Wildman–Crippen LogP) is 2.03. The van der Waals surface area contributed by atoms with E-state index in [1.54, 1.807) is 24.3 Å². The molecule has 0 spiro atoms. The molecule has 1 amide bonds. The van der Waals surface area contributed by atoms with Gasteiger partial charge in [0.2, 0.25) is 10.0 Å². The van der Waals surface area contributed by atoms with Crippen LogP contribution in [0.3, 0.4) is 0 Å². The highest BCUT2D eigenvalue weighted by molar-refractivity contribution is 7.89. The summed E-state index contributed by atoms with van der Waals surface area (Å²) in [6.45, 7) is -1.70. The number of anilines is 1. The van der Waals surface area contributed by atoms with Crippen LogP contribution in [0.4, 0.5) is 18.9 Å². The first-order valence-electron chi connectivity index (χ1n) is 8.42. The highest BCUT2D eigenvalue weighted by Crippen LogP contribution is 2.19. The van der Waals surface area contributed by atoms with Gasteiger partial charge < -0.3 is 5.32 Å². The third-order valence-corrected chi connectivity index (χ3v) is 5.47. The summed E-state index contributed by atoms with van der Waals surface area (Å²) in [5, 5.41) is 7.15. The molecule has 12 heteroatoms. The molecular weight excluding hydrogens is 425 g/mol. The van der Waals surface area contributed by atoms with E-state index in [1.807, 2.05) is 0 Å². The number of carbonyl (C=O) groups excluding carboxylic acids is 1. The molecular formula is C18H15F3N4O4S. The van der Waals surface area contributed by atoms with E-state index in [0.29, 0.717) is 10.8 Å². The van der Waals surface area contributed by atoms with E-state index in [0.717, 1.165) is 16.8 Å². The molecule has 0 radical (unpaired) electrons. The number of nitrogens with one attached hydrogen (secondary N) is 2. The van der Waals surface area contributed by atoms with Crippen LogP contribution in [0.2, 0.25) is 0 Å².